The molecule has 0 radical (unpaired) electrons. The fourth-order valence-corrected chi connectivity index (χ4v) is 3.34. The predicted molar refractivity (Wildman–Crippen MR) is 112 cm³/mol. The summed E-state index contributed by atoms with van der Waals surface area (Å²) in [5, 5.41) is 4.69. The van der Waals surface area contributed by atoms with Gasteiger partial charge in [-0.25, -0.2) is 8.78 Å². The number of amides is 1. The highest BCUT2D eigenvalue weighted by atomic mass is 19.1. The Morgan fingerprint density at radius 1 is 1.03 bits per heavy atom. The number of halogens is 2. The second-order valence-electron chi connectivity index (χ2n) is 6.95. The third-order valence-corrected chi connectivity index (χ3v) is 4.82. The molecular weight excluding hydrogens is 386 g/mol. The first-order valence-corrected chi connectivity index (χ1v) is 9.87. The molecule has 6 heteroatoms. The van der Waals surface area contributed by atoms with Crippen LogP contribution in [0.5, 0.6) is 5.75 Å². The Hall–Kier alpha value is -3.25. The molecule has 0 aliphatic carbocycles. The van der Waals surface area contributed by atoms with E-state index in [0.717, 1.165) is 11.6 Å². The number of nitrogens with two attached hydrogens (primary N) is 1. The minimum absolute atomic E-state index is 0.261. The number of nitrogens with one attached hydrogen (secondary N) is 1. The van der Waals surface area contributed by atoms with E-state index in [-0.39, 0.29) is 5.91 Å². The molecule has 3 rings (SSSR count). The van der Waals surface area contributed by atoms with Crippen LogP contribution >= 0.6 is 0 Å². The third kappa shape index (κ3) is 5.21. The summed E-state index contributed by atoms with van der Waals surface area (Å²) in [7, 11) is 0. The summed E-state index contributed by atoms with van der Waals surface area (Å²) >= 11 is 0. The SMILES string of the molecule is CCOc1ccccc1NC(=O)[C@@H]([NH2+][C@@H](C)c1ccc(F)cc1F)c1ccccc1. The summed E-state index contributed by atoms with van der Waals surface area (Å²) in [6.07, 6.45) is 0. The first-order chi connectivity index (χ1) is 14.5. The lowest BCUT2D eigenvalue weighted by Gasteiger charge is -2.21. The first kappa shape index (κ1) is 21.5. The largest absolute Gasteiger partial charge is 0.492 e. The summed E-state index contributed by atoms with van der Waals surface area (Å²) in [6, 6.07) is 18.9. The smallest absolute Gasteiger partial charge is 0.287 e. The summed E-state index contributed by atoms with van der Waals surface area (Å²) in [6.45, 7) is 4.13. The highest BCUT2D eigenvalue weighted by Gasteiger charge is 2.28. The number of hydrogen-bond acceptors (Lipinski definition) is 2. The van der Waals surface area contributed by atoms with Gasteiger partial charge in [0.05, 0.1) is 12.3 Å². The van der Waals surface area contributed by atoms with Crippen LogP contribution in [0.2, 0.25) is 0 Å². The van der Waals surface area contributed by atoms with E-state index in [9.17, 15) is 13.6 Å². The molecule has 156 valence electrons. The Bertz CT molecular complexity index is 996. The number of rotatable bonds is 8. The minimum atomic E-state index is -0.639. The molecule has 0 unspecified atom stereocenters. The zero-order valence-corrected chi connectivity index (χ0v) is 16.9. The minimum Gasteiger partial charge on any atom is -0.492 e. The van der Waals surface area contributed by atoms with Crippen LogP contribution < -0.4 is 15.4 Å². The van der Waals surface area contributed by atoms with Gasteiger partial charge < -0.3 is 15.4 Å². The Morgan fingerprint density at radius 2 is 1.73 bits per heavy atom. The van der Waals surface area contributed by atoms with Gasteiger partial charge in [0, 0.05) is 17.2 Å². The van der Waals surface area contributed by atoms with Gasteiger partial charge in [0.1, 0.15) is 23.4 Å². The van der Waals surface area contributed by atoms with Crippen LogP contribution in [-0.2, 0) is 4.79 Å². The maximum Gasteiger partial charge on any atom is 0.287 e. The molecule has 0 aromatic heterocycles. The molecule has 3 aromatic rings. The van der Waals surface area contributed by atoms with E-state index in [4.69, 9.17) is 4.74 Å². The fraction of sp³-hybridized carbons (Fsp3) is 0.208. The van der Waals surface area contributed by atoms with E-state index in [2.05, 4.69) is 5.32 Å². The molecule has 0 aliphatic heterocycles. The number of carbonyl (C=O) groups excluding carboxylic acids is 1. The molecule has 0 bridgehead atoms. The van der Waals surface area contributed by atoms with Crippen molar-refractivity contribution in [2.45, 2.75) is 25.9 Å². The van der Waals surface area contributed by atoms with Crippen molar-refractivity contribution >= 4 is 11.6 Å². The maximum atomic E-state index is 14.3. The summed E-state index contributed by atoms with van der Waals surface area (Å²) in [5.41, 5.74) is 1.68. The van der Waals surface area contributed by atoms with Crippen molar-refractivity contribution in [2.24, 2.45) is 0 Å². The molecule has 0 saturated heterocycles. The van der Waals surface area contributed by atoms with Gasteiger partial charge in [-0.05, 0) is 38.1 Å². The summed E-state index contributed by atoms with van der Waals surface area (Å²) < 4.78 is 33.1. The quantitative estimate of drug-likeness (QED) is 0.578. The van der Waals surface area contributed by atoms with Gasteiger partial charge in [-0.2, -0.15) is 0 Å². The predicted octanol–water partition coefficient (Wildman–Crippen LogP) is 4.37. The van der Waals surface area contributed by atoms with Crippen molar-refractivity contribution in [3.63, 3.8) is 0 Å². The van der Waals surface area contributed by atoms with Gasteiger partial charge in [0.2, 0.25) is 0 Å². The van der Waals surface area contributed by atoms with Crippen molar-refractivity contribution in [1.82, 2.24) is 0 Å². The van der Waals surface area contributed by atoms with Crippen molar-refractivity contribution in [2.75, 3.05) is 11.9 Å². The molecule has 4 nitrogen and oxygen atoms in total. The average molecular weight is 411 g/mol. The topological polar surface area (TPSA) is 54.9 Å². The van der Waals surface area contributed by atoms with E-state index in [1.807, 2.05) is 49.4 Å². The zero-order chi connectivity index (χ0) is 21.5. The van der Waals surface area contributed by atoms with Crippen LogP contribution in [-0.4, -0.2) is 12.5 Å². The number of anilines is 1. The Balaban J connectivity index is 1.87. The first-order valence-electron chi connectivity index (χ1n) is 9.87. The van der Waals surface area contributed by atoms with Crippen LogP contribution in [0, 0.1) is 11.6 Å². The number of hydrogen-bond donors (Lipinski definition) is 2. The zero-order valence-electron chi connectivity index (χ0n) is 16.9. The lowest BCUT2D eigenvalue weighted by atomic mass is 10.0. The molecule has 0 aliphatic rings. The molecule has 2 atom stereocenters. The van der Waals surface area contributed by atoms with Gasteiger partial charge in [-0.15, -0.1) is 0 Å². The number of para-hydroxylation sites is 2. The highest BCUT2D eigenvalue weighted by Crippen LogP contribution is 2.25. The monoisotopic (exact) mass is 411 g/mol. The highest BCUT2D eigenvalue weighted by molar-refractivity contribution is 5.95. The number of quaternary nitrogens is 1. The lowest BCUT2D eigenvalue weighted by molar-refractivity contribution is -0.719. The molecule has 1 amide bonds. The Morgan fingerprint density at radius 3 is 2.43 bits per heavy atom. The van der Waals surface area contributed by atoms with E-state index in [1.54, 1.807) is 24.4 Å². The number of ether oxygens (including phenoxy) is 1. The Kier molecular flexibility index (Phi) is 7.14. The maximum absolute atomic E-state index is 14.3. The molecule has 0 spiro atoms. The summed E-state index contributed by atoms with van der Waals surface area (Å²) in [4.78, 5) is 13.2. The van der Waals surface area contributed by atoms with Crippen molar-refractivity contribution in [3.05, 3.63) is 95.6 Å². The van der Waals surface area contributed by atoms with Gasteiger partial charge in [0.25, 0.3) is 5.91 Å². The summed E-state index contributed by atoms with van der Waals surface area (Å²) in [5.74, 6) is -0.943. The van der Waals surface area contributed by atoms with E-state index in [1.165, 1.54) is 12.1 Å². The third-order valence-electron chi connectivity index (χ3n) is 4.82. The van der Waals surface area contributed by atoms with Crippen LogP contribution in [0.25, 0.3) is 0 Å². The fourth-order valence-electron chi connectivity index (χ4n) is 3.34. The normalized spacial score (nSPS) is 12.8. The average Bonchev–Trinajstić information content (AvgIpc) is 2.74. The van der Waals surface area contributed by atoms with Gasteiger partial charge >= 0.3 is 0 Å². The number of carbonyl (C=O) groups is 1. The van der Waals surface area contributed by atoms with Crippen LogP contribution in [0.3, 0.4) is 0 Å². The standard InChI is InChI=1S/C24H24F2N2O2/c1-3-30-22-12-8-7-11-21(22)28-24(29)23(17-9-5-4-6-10-17)27-16(2)19-14-13-18(25)15-20(19)26/h4-16,23,27H,3H2,1-2H3,(H,28,29)/p+1/t16-,23-/m0/s1. The van der Waals surface area contributed by atoms with Gasteiger partial charge in [-0.3, -0.25) is 4.79 Å². The molecule has 3 aromatic carbocycles. The van der Waals surface area contributed by atoms with E-state index < -0.39 is 23.7 Å². The van der Waals surface area contributed by atoms with Crippen molar-refractivity contribution < 1.29 is 23.6 Å². The lowest BCUT2D eigenvalue weighted by Crippen LogP contribution is -2.87. The molecule has 3 N–H and O–H groups in total. The van der Waals surface area contributed by atoms with Crippen molar-refractivity contribution in [3.8, 4) is 5.75 Å². The van der Waals surface area contributed by atoms with Gasteiger partial charge in [-0.1, -0.05) is 42.5 Å². The molecule has 0 heterocycles. The second-order valence-corrected chi connectivity index (χ2v) is 6.95. The van der Waals surface area contributed by atoms with Crippen molar-refractivity contribution in [1.29, 1.82) is 0 Å². The molecule has 30 heavy (non-hydrogen) atoms. The molecule has 0 saturated carbocycles. The van der Waals surface area contributed by atoms with Gasteiger partial charge in [0.15, 0.2) is 6.04 Å². The Labute approximate surface area is 174 Å². The van der Waals surface area contributed by atoms with Crippen LogP contribution in [0.15, 0.2) is 72.8 Å². The molecule has 0 fully saturated rings. The second kappa shape index (κ2) is 9.98. The van der Waals surface area contributed by atoms with E-state index >= 15 is 0 Å². The van der Waals surface area contributed by atoms with E-state index in [0.29, 0.717) is 23.6 Å². The molecular formula is C24H25F2N2O2+. The number of benzene rings is 3. The van der Waals surface area contributed by atoms with Crippen LogP contribution in [0.4, 0.5) is 14.5 Å². The van der Waals surface area contributed by atoms with Crippen LogP contribution in [0.1, 0.15) is 37.1 Å².